The van der Waals surface area contributed by atoms with Crippen molar-refractivity contribution in [2.45, 2.75) is 50.6 Å². The van der Waals surface area contributed by atoms with Crippen LogP contribution in [0, 0.1) is 0 Å². The van der Waals surface area contributed by atoms with Crippen molar-refractivity contribution in [1.29, 1.82) is 0 Å². The summed E-state index contributed by atoms with van der Waals surface area (Å²) in [7, 11) is 3.70. The molecule has 0 spiro atoms. The third-order valence-corrected chi connectivity index (χ3v) is 6.00. The van der Waals surface area contributed by atoms with Crippen molar-refractivity contribution >= 4 is 17.4 Å². The molecule has 1 aliphatic heterocycles. The maximum atomic E-state index is 12.5. The Kier molecular flexibility index (Phi) is 7.09. The molecule has 2 aliphatic rings. The molecule has 1 saturated heterocycles. The van der Waals surface area contributed by atoms with Crippen LogP contribution >= 0.6 is 0 Å². The molecule has 3 rings (SSSR count). The minimum atomic E-state index is -0.241. The highest BCUT2D eigenvalue weighted by atomic mass is 16.3. The van der Waals surface area contributed by atoms with Gasteiger partial charge in [-0.25, -0.2) is 0 Å². The third kappa shape index (κ3) is 4.70. The van der Waals surface area contributed by atoms with Crippen molar-refractivity contribution in [3.63, 3.8) is 0 Å². The Labute approximate surface area is 173 Å². The summed E-state index contributed by atoms with van der Waals surface area (Å²) >= 11 is 0. The summed E-state index contributed by atoms with van der Waals surface area (Å²) in [4.78, 5) is 28.2. The molecule has 3 atom stereocenters. The standard InChI is InChI=1S/C23H33N3O3/c1-4-22(29)26-19(13-24-21(28)14-25(2)3)23(20(26)15-27)18-11-9-17(10-12-18)16-7-5-6-8-16/h7,9-12,19-20,23,27H,4-6,8,13-15H2,1-3H3,(H,24,28)/t19-,20+,23+/m1/s1. The highest BCUT2D eigenvalue weighted by Crippen LogP contribution is 2.41. The van der Waals surface area contributed by atoms with Crippen LogP contribution in [0.3, 0.4) is 0 Å². The molecule has 2 amide bonds. The van der Waals surface area contributed by atoms with Gasteiger partial charge in [-0.15, -0.1) is 0 Å². The Morgan fingerprint density at radius 1 is 1.21 bits per heavy atom. The smallest absolute Gasteiger partial charge is 0.234 e. The van der Waals surface area contributed by atoms with Gasteiger partial charge in [0.05, 0.1) is 25.2 Å². The van der Waals surface area contributed by atoms with Gasteiger partial charge in [0.1, 0.15) is 0 Å². The lowest BCUT2D eigenvalue weighted by Gasteiger charge is -2.55. The first-order valence-electron chi connectivity index (χ1n) is 10.6. The maximum Gasteiger partial charge on any atom is 0.234 e. The number of aliphatic hydroxyl groups is 1. The molecule has 2 N–H and O–H groups in total. The molecule has 6 nitrogen and oxygen atoms in total. The molecule has 1 aliphatic carbocycles. The fraction of sp³-hybridized carbons (Fsp3) is 0.565. The van der Waals surface area contributed by atoms with E-state index in [-0.39, 0.29) is 36.4 Å². The van der Waals surface area contributed by atoms with Crippen LogP contribution in [-0.2, 0) is 9.59 Å². The Morgan fingerprint density at radius 3 is 2.48 bits per heavy atom. The van der Waals surface area contributed by atoms with Gasteiger partial charge in [0, 0.05) is 18.9 Å². The van der Waals surface area contributed by atoms with E-state index in [1.165, 1.54) is 17.6 Å². The van der Waals surface area contributed by atoms with Crippen molar-refractivity contribution in [1.82, 2.24) is 15.1 Å². The number of nitrogens with zero attached hydrogens (tertiary/aromatic N) is 2. The second kappa shape index (κ2) is 9.55. The number of aliphatic hydroxyl groups excluding tert-OH is 1. The van der Waals surface area contributed by atoms with Gasteiger partial charge in [0.2, 0.25) is 11.8 Å². The minimum Gasteiger partial charge on any atom is -0.394 e. The van der Waals surface area contributed by atoms with Crippen LogP contribution in [0.25, 0.3) is 5.57 Å². The van der Waals surface area contributed by atoms with Gasteiger partial charge in [0.15, 0.2) is 0 Å². The second-order valence-electron chi connectivity index (χ2n) is 8.28. The number of likely N-dealkylation sites (N-methyl/N-ethyl adjacent to an activating group) is 1. The molecule has 0 aromatic heterocycles. The van der Waals surface area contributed by atoms with Crippen molar-refractivity contribution in [3.05, 3.63) is 41.5 Å². The van der Waals surface area contributed by atoms with Gasteiger partial charge < -0.3 is 20.2 Å². The molecule has 158 valence electrons. The molecule has 0 radical (unpaired) electrons. The molecular weight excluding hydrogens is 366 g/mol. The van der Waals surface area contributed by atoms with E-state index in [1.54, 1.807) is 4.90 Å². The zero-order chi connectivity index (χ0) is 21.0. The predicted molar refractivity (Wildman–Crippen MR) is 114 cm³/mol. The zero-order valence-electron chi connectivity index (χ0n) is 17.7. The average molecular weight is 400 g/mol. The molecule has 29 heavy (non-hydrogen) atoms. The Hall–Kier alpha value is -2.18. The molecular formula is C23H33N3O3. The summed E-state index contributed by atoms with van der Waals surface area (Å²) in [6, 6.07) is 8.14. The maximum absolute atomic E-state index is 12.5. The average Bonchev–Trinajstić information content (AvgIpc) is 3.22. The Morgan fingerprint density at radius 2 is 1.93 bits per heavy atom. The van der Waals surface area contributed by atoms with Crippen LogP contribution in [0.1, 0.15) is 49.7 Å². The van der Waals surface area contributed by atoms with Gasteiger partial charge >= 0.3 is 0 Å². The van der Waals surface area contributed by atoms with Gasteiger partial charge in [0.25, 0.3) is 0 Å². The normalized spacial score (nSPS) is 23.7. The van der Waals surface area contributed by atoms with E-state index in [2.05, 4.69) is 35.7 Å². The van der Waals surface area contributed by atoms with E-state index in [0.717, 1.165) is 18.4 Å². The van der Waals surface area contributed by atoms with Crippen LogP contribution in [0.15, 0.2) is 30.3 Å². The number of likely N-dealkylation sites (tertiary alicyclic amines) is 1. The molecule has 0 saturated carbocycles. The van der Waals surface area contributed by atoms with Gasteiger partial charge in [-0.1, -0.05) is 37.3 Å². The molecule has 6 heteroatoms. The van der Waals surface area contributed by atoms with Crippen LogP contribution in [0.5, 0.6) is 0 Å². The number of amides is 2. The molecule has 0 bridgehead atoms. The summed E-state index contributed by atoms with van der Waals surface area (Å²) in [5.41, 5.74) is 3.76. The summed E-state index contributed by atoms with van der Waals surface area (Å²) in [5.74, 6) is -0.0322. The largest absolute Gasteiger partial charge is 0.394 e. The zero-order valence-corrected chi connectivity index (χ0v) is 17.7. The monoisotopic (exact) mass is 399 g/mol. The van der Waals surface area contributed by atoms with E-state index in [9.17, 15) is 14.7 Å². The first-order chi connectivity index (χ1) is 14.0. The number of benzene rings is 1. The van der Waals surface area contributed by atoms with Gasteiger partial charge in [-0.3, -0.25) is 9.59 Å². The van der Waals surface area contributed by atoms with E-state index >= 15 is 0 Å². The second-order valence-corrected chi connectivity index (χ2v) is 8.28. The third-order valence-electron chi connectivity index (χ3n) is 6.00. The van der Waals surface area contributed by atoms with Crippen LogP contribution in [0.2, 0.25) is 0 Å². The van der Waals surface area contributed by atoms with Crippen molar-refractivity contribution in [2.75, 3.05) is 33.8 Å². The lowest BCUT2D eigenvalue weighted by molar-refractivity contribution is -0.150. The minimum absolute atomic E-state index is 0.0138. The number of rotatable bonds is 8. The topological polar surface area (TPSA) is 72.9 Å². The highest BCUT2D eigenvalue weighted by Gasteiger charge is 2.50. The van der Waals surface area contributed by atoms with E-state index in [1.807, 2.05) is 25.9 Å². The van der Waals surface area contributed by atoms with Crippen LogP contribution < -0.4 is 5.32 Å². The molecule has 1 aromatic rings. The number of hydrogen-bond acceptors (Lipinski definition) is 4. The van der Waals surface area contributed by atoms with Gasteiger partial charge in [-0.05, 0) is 50.1 Å². The number of carbonyl (C=O) groups excluding carboxylic acids is 2. The summed E-state index contributed by atoms with van der Waals surface area (Å²) in [6.07, 6.45) is 6.18. The fourth-order valence-electron chi connectivity index (χ4n) is 4.58. The number of nitrogens with one attached hydrogen (secondary N) is 1. The molecule has 1 heterocycles. The SMILES string of the molecule is CCC(=O)N1[C@H](CNC(=O)CN(C)C)[C@H](c2ccc(C3=CCCC3)cc2)[C@@H]1CO. The van der Waals surface area contributed by atoms with Crippen molar-refractivity contribution in [2.24, 2.45) is 0 Å². The Balaban J connectivity index is 1.77. The first kappa shape index (κ1) is 21.5. The summed E-state index contributed by atoms with van der Waals surface area (Å²) in [6.45, 7) is 2.46. The lowest BCUT2D eigenvalue weighted by Crippen LogP contribution is -2.68. The van der Waals surface area contributed by atoms with Crippen molar-refractivity contribution in [3.8, 4) is 0 Å². The fourth-order valence-corrected chi connectivity index (χ4v) is 4.58. The van der Waals surface area contributed by atoms with Crippen molar-refractivity contribution < 1.29 is 14.7 Å². The van der Waals surface area contributed by atoms with E-state index in [0.29, 0.717) is 19.5 Å². The quantitative estimate of drug-likeness (QED) is 0.701. The number of hydrogen-bond donors (Lipinski definition) is 2. The molecule has 0 unspecified atom stereocenters. The lowest BCUT2D eigenvalue weighted by atomic mass is 9.74. The van der Waals surface area contributed by atoms with Crippen LogP contribution in [0.4, 0.5) is 0 Å². The summed E-state index contributed by atoms with van der Waals surface area (Å²) in [5, 5.41) is 12.9. The van der Waals surface area contributed by atoms with E-state index < -0.39 is 0 Å². The van der Waals surface area contributed by atoms with E-state index in [4.69, 9.17) is 0 Å². The number of allylic oxidation sites excluding steroid dienone is 2. The summed E-state index contributed by atoms with van der Waals surface area (Å²) < 4.78 is 0. The molecule has 1 aromatic carbocycles. The highest BCUT2D eigenvalue weighted by molar-refractivity contribution is 5.80. The first-order valence-corrected chi connectivity index (χ1v) is 10.6. The molecule has 1 fully saturated rings. The Bertz CT molecular complexity index is 757. The predicted octanol–water partition coefficient (Wildman–Crippen LogP) is 2.00. The van der Waals surface area contributed by atoms with Gasteiger partial charge in [-0.2, -0.15) is 0 Å². The number of carbonyl (C=O) groups is 2. The van der Waals surface area contributed by atoms with Crippen LogP contribution in [-0.4, -0.2) is 72.6 Å².